The minimum atomic E-state index is -3.81. The quantitative estimate of drug-likeness (QED) is 0.592. The molecule has 0 fully saturated rings. The van der Waals surface area contributed by atoms with Crippen LogP contribution in [0, 0.1) is 6.92 Å². The molecular weight excluding hydrogens is 448 g/mol. The number of hydrogen-bond donors (Lipinski definition) is 1. The maximum atomic E-state index is 13.0. The normalized spacial score (nSPS) is 14.6. The van der Waals surface area contributed by atoms with Gasteiger partial charge in [0, 0.05) is 18.8 Å². The Morgan fingerprint density at radius 2 is 1.62 bits per heavy atom. The van der Waals surface area contributed by atoms with Crippen molar-refractivity contribution >= 4 is 25.7 Å². The highest BCUT2D eigenvalue weighted by Crippen LogP contribution is 2.28. The average molecular weight is 473 g/mol. The molecule has 9 heteroatoms. The molecule has 0 radical (unpaired) electrons. The molecule has 3 aromatic carbocycles. The summed E-state index contributed by atoms with van der Waals surface area (Å²) in [6.07, 6.45) is 0.562. The van der Waals surface area contributed by atoms with Crippen LogP contribution in [0.3, 0.4) is 0 Å². The standard InChI is InChI=1S/C23H24N2O5S2/c1-17-14-22(10-11-23(17)30-2)31(26,27)24-20-9-8-18-12-13-25(16-19(18)15-20)32(28,29)21-6-4-3-5-7-21/h3-11,14-15,24H,12-13,16H2,1-2H3. The van der Waals surface area contributed by atoms with Crippen molar-refractivity contribution in [1.29, 1.82) is 0 Å². The largest absolute Gasteiger partial charge is 0.496 e. The smallest absolute Gasteiger partial charge is 0.261 e. The molecule has 32 heavy (non-hydrogen) atoms. The lowest BCUT2D eigenvalue weighted by Gasteiger charge is -2.28. The Hall–Kier alpha value is -2.88. The van der Waals surface area contributed by atoms with Gasteiger partial charge in [0.25, 0.3) is 10.0 Å². The maximum Gasteiger partial charge on any atom is 0.261 e. The molecule has 0 bridgehead atoms. The molecule has 1 aliphatic rings. The number of aryl methyl sites for hydroxylation is 1. The van der Waals surface area contributed by atoms with Gasteiger partial charge in [-0.25, -0.2) is 16.8 Å². The predicted molar refractivity (Wildman–Crippen MR) is 123 cm³/mol. The summed E-state index contributed by atoms with van der Waals surface area (Å²) >= 11 is 0. The summed E-state index contributed by atoms with van der Waals surface area (Å²) in [6, 6.07) is 18.2. The van der Waals surface area contributed by atoms with E-state index in [2.05, 4.69) is 4.72 Å². The summed E-state index contributed by atoms with van der Waals surface area (Å²) < 4.78 is 60.9. The molecule has 0 aromatic heterocycles. The van der Waals surface area contributed by atoms with E-state index in [9.17, 15) is 16.8 Å². The Bertz CT molecular complexity index is 1350. The minimum Gasteiger partial charge on any atom is -0.496 e. The summed E-state index contributed by atoms with van der Waals surface area (Å²) in [7, 11) is -5.90. The number of ether oxygens (including phenoxy) is 1. The number of sulfonamides is 2. The van der Waals surface area contributed by atoms with Gasteiger partial charge in [0.05, 0.1) is 16.9 Å². The number of hydrogen-bond acceptors (Lipinski definition) is 5. The van der Waals surface area contributed by atoms with Crippen LogP contribution in [0.25, 0.3) is 0 Å². The lowest BCUT2D eigenvalue weighted by atomic mass is 10.0. The molecule has 3 aromatic rings. The summed E-state index contributed by atoms with van der Waals surface area (Å²) in [5.41, 5.74) is 2.88. The van der Waals surface area contributed by atoms with Gasteiger partial charge in [-0.15, -0.1) is 0 Å². The van der Waals surface area contributed by atoms with Gasteiger partial charge >= 0.3 is 0 Å². The van der Waals surface area contributed by atoms with Crippen LogP contribution in [0.1, 0.15) is 16.7 Å². The van der Waals surface area contributed by atoms with Crippen molar-refractivity contribution in [2.75, 3.05) is 18.4 Å². The molecule has 1 aliphatic heterocycles. The van der Waals surface area contributed by atoms with E-state index in [1.165, 1.54) is 17.5 Å². The van der Waals surface area contributed by atoms with Crippen LogP contribution in [-0.2, 0) is 33.0 Å². The van der Waals surface area contributed by atoms with Gasteiger partial charge in [-0.05, 0) is 72.5 Å². The van der Waals surface area contributed by atoms with Crippen molar-refractivity contribution < 1.29 is 21.6 Å². The summed E-state index contributed by atoms with van der Waals surface area (Å²) in [4.78, 5) is 0.372. The second-order valence-electron chi connectivity index (χ2n) is 7.62. The van der Waals surface area contributed by atoms with Crippen LogP contribution in [0.4, 0.5) is 5.69 Å². The second kappa shape index (κ2) is 8.57. The SMILES string of the molecule is COc1ccc(S(=O)(=O)Nc2ccc3c(c2)CN(S(=O)(=O)c2ccccc2)CC3)cc1C. The number of nitrogens with one attached hydrogen (secondary N) is 1. The third kappa shape index (κ3) is 4.36. The van der Waals surface area contributed by atoms with Crippen molar-refractivity contribution in [1.82, 2.24) is 4.31 Å². The zero-order valence-electron chi connectivity index (χ0n) is 17.8. The number of nitrogens with zero attached hydrogens (tertiary/aromatic N) is 1. The molecule has 0 amide bonds. The van der Waals surface area contributed by atoms with E-state index < -0.39 is 20.0 Å². The zero-order valence-corrected chi connectivity index (χ0v) is 19.4. The van der Waals surface area contributed by atoms with Gasteiger partial charge in [-0.1, -0.05) is 24.3 Å². The van der Waals surface area contributed by atoms with E-state index in [1.807, 2.05) is 6.07 Å². The third-order valence-electron chi connectivity index (χ3n) is 5.49. The molecule has 0 spiro atoms. The fourth-order valence-corrected chi connectivity index (χ4v) is 6.35. The van der Waals surface area contributed by atoms with E-state index >= 15 is 0 Å². The van der Waals surface area contributed by atoms with E-state index in [0.29, 0.717) is 30.0 Å². The van der Waals surface area contributed by atoms with Gasteiger partial charge in [-0.2, -0.15) is 4.31 Å². The van der Waals surface area contributed by atoms with Crippen LogP contribution in [0.15, 0.2) is 76.5 Å². The molecule has 7 nitrogen and oxygen atoms in total. The molecule has 4 rings (SSSR count). The Kier molecular flexibility index (Phi) is 5.98. The van der Waals surface area contributed by atoms with Gasteiger partial charge < -0.3 is 4.74 Å². The van der Waals surface area contributed by atoms with Crippen molar-refractivity contribution in [2.24, 2.45) is 0 Å². The molecule has 0 atom stereocenters. The Morgan fingerprint density at radius 3 is 2.31 bits per heavy atom. The van der Waals surface area contributed by atoms with E-state index in [-0.39, 0.29) is 16.3 Å². The van der Waals surface area contributed by atoms with Crippen molar-refractivity contribution in [3.8, 4) is 5.75 Å². The highest BCUT2D eigenvalue weighted by molar-refractivity contribution is 7.92. The van der Waals surface area contributed by atoms with Gasteiger partial charge in [0.15, 0.2) is 0 Å². The predicted octanol–water partition coefficient (Wildman–Crippen LogP) is 3.55. The monoisotopic (exact) mass is 472 g/mol. The molecule has 0 aliphatic carbocycles. The highest BCUT2D eigenvalue weighted by Gasteiger charge is 2.28. The van der Waals surface area contributed by atoms with E-state index in [1.54, 1.807) is 61.5 Å². The van der Waals surface area contributed by atoms with Crippen molar-refractivity contribution in [3.63, 3.8) is 0 Å². The van der Waals surface area contributed by atoms with Crippen LogP contribution in [0.5, 0.6) is 5.75 Å². The number of methoxy groups -OCH3 is 1. The molecule has 0 unspecified atom stereocenters. The molecule has 1 N–H and O–H groups in total. The summed E-state index contributed by atoms with van der Waals surface area (Å²) in [6.45, 7) is 2.34. The van der Waals surface area contributed by atoms with E-state index in [0.717, 1.165) is 11.1 Å². The number of fused-ring (bicyclic) bond motifs is 1. The van der Waals surface area contributed by atoms with Crippen molar-refractivity contribution in [3.05, 3.63) is 83.4 Å². The lowest BCUT2D eigenvalue weighted by Crippen LogP contribution is -2.36. The lowest BCUT2D eigenvalue weighted by molar-refractivity contribution is 0.391. The zero-order chi connectivity index (χ0) is 22.9. The second-order valence-corrected chi connectivity index (χ2v) is 11.2. The topological polar surface area (TPSA) is 92.8 Å². The first-order valence-corrected chi connectivity index (χ1v) is 13.0. The van der Waals surface area contributed by atoms with Crippen molar-refractivity contribution in [2.45, 2.75) is 29.7 Å². The van der Waals surface area contributed by atoms with Crippen LogP contribution >= 0.6 is 0 Å². The number of rotatable bonds is 6. The minimum absolute atomic E-state index is 0.127. The van der Waals surface area contributed by atoms with Crippen LogP contribution in [0.2, 0.25) is 0 Å². The molecular formula is C23H24N2O5S2. The summed E-state index contributed by atoms with van der Waals surface area (Å²) in [5.74, 6) is 0.609. The fourth-order valence-electron chi connectivity index (χ4n) is 3.77. The van der Waals surface area contributed by atoms with E-state index in [4.69, 9.17) is 4.74 Å². The van der Waals surface area contributed by atoms with Gasteiger partial charge in [0.2, 0.25) is 10.0 Å². The third-order valence-corrected chi connectivity index (χ3v) is 8.73. The molecule has 168 valence electrons. The highest BCUT2D eigenvalue weighted by atomic mass is 32.2. The van der Waals surface area contributed by atoms with Gasteiger partial charge in [0.1, 0.15) is 5.75 Å². The first-order chi connectivity index (χ1) is 15.2. The average Bonchev–Trinajstić information content (AvgIpc) is 2.79. The summed E-state index contributed by atoms with van der Waals surface area (Å²) in [5, 5.41) is 0. The first-order valence-electron chi connectivity index (χ1n) is 10.1. The van der Waals surface area contributed by atoms with Crippen LogP contribution < -0.4 is 9.46 Å². The number of anilines is 1. The molecule has 0 saturated heterocycles. The van der Waals surface area contributed by atoms with Crippen LogP contribution in [-0.4, -0.2) is 34.8 Å². The fraction of sp³-hybridized carbons (Fsp3) is 0.217. The Labute approximate surface area is 188 Å². The van der Waals surface area contributed by atoms with Gasteiger partial charge in [-0.3, -0.25) is 4.72 Å². The molecule has 1 heterocycles. The first kappa shape index (κ1) is 22.3. The molecule has 0 saturated carbocycles. The Balaban J connectivity index is 1.58. The Morgan fingerprint density at radius 1 is 0.875 bits per heavy atom. The number of benzene rings is 3. The maximum absolute atomic E-state index is 13.0.